The van der Waals surface area contributed by atoms with Crippen molar-refractivity contribution >= 4 is 11.4 Å². The van der Waals surface area contributed by atoms with E-state index in [0.717, 1.165) is 17.8 Å². The summed E-state index contributed by atoms with van der Waals surface area (Å²) in [5, 5.41) is 12.6. The molecule has 0 aliphatic carbocycles. The Morgan fingerprint density at radius 1 is 1.35 bits per heavy atom. The van der Waals surface area contributed by atoms with E-state index in [2.05, 4.69) is 26.1 Å². The van der Waals surface area contributed by atoms with Crippen molar-refractivity contribution < 1.29 is 5.11 Å². The Morgan fingerprint density at radius 3 is 2.53 bits per heavy atom. The summed E-state index contributed by atoms with van der Waals surface area (Å²) in [7, 11) is 0. The van der Waals surface area contributed by atoms with E-state index >= 15 is 0 Å². The van der Waals surface area contributed by atoms with Crippen LogP contribution in [-0.2, 0) is 0 Å². The van der Waals surface area contributed by atoms with Crippen molar-refractivity contribution in [1.29, 1.82) is 0 Å². The fourth-order valence-electron chi connectivity index (χ4n) is 1.83. The molecule has 1 atom stereocenters. The van der Waals surface area contributed by atoms with Gasteiger partial charge in [0.1, 0.15) is 0 Å². The molecule has 0 aliphatic heterocycles. The van der Waals surface area contributed by atoms with E-state index in [0.29, 0.717) is 0 Å². The summed E-state index contributed by atoms with van der Waals surface area (Å²) in [5.41, 5.74) is 8.92. The van der Waals surface area contributed by atoms with Crippen LogP contribution in [0.1, 0.15) is 32.8 Å². The Hall–Kier alpha value is -1.22. The van der Waals surface area contributed by atoms with Crippen LogP contribution in [0.25, 0.3) is 0 Å². The average molecular weight is 236 g/mol. The third kappa shape index (κ3) is 3.93. The Balaban J connectivity index is 2.89. The molecule has 0 radical (unpaired) electrons. The second-order valence-corrected chi connectivity index (χ2v) is 5.67. The molecule has 0 heterocycles. The van der Waals surface area contributed by atoms with Crippen LogP contribution >= 0.6 is 0 Å². The summed E-state index contributed by atoms with van der Waals surface area (Å²) in [4.78, 5) is 0. The number of nitrogens with two attached hydrogens (primary N) is 1. The molecule has 4 N–H and O–H groups in total. The van der Waals surface area contributed by atoms with Crippen molar-refractivity contribution in [3.05, 3.63) is 23.8 Å². The number of aliphatic hydroxyl groups excluding tert-OH is 1. The standard InChI is InChI=1S/C14H24N2O/c1-10-5-6-11(15)12(9-10)16-13(7-8-17)14(2,3)4/h5-6,9,13,16-17H,7-8,15H2,1-4H3. The molecule has 0 saturated carbocycles. The minimum absolute atomic E-state index is 0.0823. The molecule has 96 valence electrons. The lowest BCUT2D eigenvalue weighted by Gasteiger charge is -2.32. The minimum atomic E-state index is 0.0823. The van der Waals surface area contributed by atoms with Crippen LogP contribution in [-0.4, -0.2) is 17.8 Å². The van der Waals surface area contributed by atoms with Gasteiger partial charge in [-0.25, -0.2) is 0 Å². The molecule has 0 aromatic heterocycles. The first-order chi connectivity index (χ1) is 7.84. The first-order valence-corrected chi connectivity index (χ1v) is 6.08. The van der Waals surface area contributed by atoms with E-state index in [1.54, 1.807) is 0 Å². The highest BCUT2D eigenvalue weighted by atomic mass is 16.3. The summed E-state index contributed by atoms with van der Waals surface area (Å²) in [6, 6.07) is 6.16. The number of hydrogen-bond acceptors (Lipinski definition) is 3. The highest BCUT2D eigenvalue weighted by Crippen LogP contribution is 2.28. The van der Waals surface area contributed by atoms with Crippen LogP contribution in [0.4, 0.5) is 11.4 Å². The third-order valence-electron chi connectivity index (χ3n) is 3.00. The lowest BCUT2D eigenvalue weighted by atomic mass is 9.84. The number of anilines is 2. The Bertz CT molecular complexity index is 369. The lowest BCUT2D eigenvalue weighted by molar-refractivity contribution is 0.235. The number of nitrogens with one attached hydrogen (secondary N) is 1. The molecule has 0 spiro atoms. The maximum Gasteiger partial charge on any atom is 0.0578 e. The highest BCUT2D eigenvalue weighted by molar-refractivity contribution is 5.67. The maximum atomic E-state index is 9.13. The summed E-state index contributed by atoms with van der Waals surface area (Å²) >= 11 is 0. The van der Waals surface area contributed by atoms with Gasteiger partial charge in [0, 0.05) is 12.6 Å². The van der Waals surface area contributed by atoms with E-state index < -0.39 is 0 Å². The van der Waals surface area contributed by atoms with Crippen LogP contribution in [0, 0.1) is 12.3 Å². The van der Waals surface area contributed by atoms with Crippen LogP contribution in [0.5, 0.6) is 0 Å². The van der Waals surface area contributed by atoms with Gasteiger partial charge >= 0.3 is 0 Å². The Labute approximate surface area is 104 Å². The zero-order valence-corrected chi connectivity index (χ0v) is 11.2. The number of hydrogen-bond donors (Lipinski definition) is 3. The van der Waals surface area contributed by atoms with E-state index in [9.17, 15) is 0 Å². The monoisotopic (exact) mass is 236 g/mol. The highest BCUT2D eigenvalue weighted by Gasteiger charge is 2.24. The smallest absolute Gasteiger partial charge is 0.0578 e. The molecule has 17 heavy (non-hydrogen) atoms. The van der Waals surface area contributed by atoms with Gasteiger partial charge in [-0.1, -0.05) is 26.8 Å². The number of rotatable bonds is 4. The van der Waals surface area contributed by atoms with E-state index in [1.165, 1.54) is 5.56 Å². The van der Waals surface area contributed by atoms with Gasteiger partial charge < -0.3 is 16.2 Å². The summed E-state index contributed by atoms with van der Waals surface area (Å²) < 4.78 is 0. The zero-order chi connectivity index (χ0) is 13.1. The van der Waals surface area contributed by atoms with Gasteiger partial charge in [0.25, 0.3) is 0 Å². The van der Waals surface area contributed by atoms with Crippen molar-refractivity contribution in [2.24, 2.45) is 5.41 Å². The van der Waals surface area contributed by atoms with E-state index in [4.69, 9.17) is 10.8 Å². The van der Waals surface area contributed by atoms with E-state index in [-0.39, 0.29) is 18.1 Å². The van der Waals surface area contributed by atoms with E-state index in [1.807, 2.05) is 25.1 Å². The molecule has 1 aromatic rings. The van der Waals surface area contributed by atoms with Crippen molar-refractivity contribution in [2.45, 2.75) is 40.2 Å². The molecule has 0 amide bonds. The van der Waals surface area contributed by atoms with Crippen molar-refractivity contribution in [1.82, 2.24) is 0 Å². The summed E-state index contributed by atoms with van der Waals surface area (Å²) in [6.45, 7) is 8.70. The first kappa shape index (κ1) is 13.8. The molecular weight excluding hydrogens is 212 g/mol. The van der Waals surface area contributed by atoms with Gasteiger partial charge in [-0.05, 0) is 36.5 Å². The fraction of sp³-hybridized carbons (Fsp3) is 0.571. The first-order valence-electron chi connectivity index (χ1n) is 6.08. The van der Waals surface area contributed by atoms with Gasteiger partial charge in [0.15, 0.2) is 0 Å². The fourth-order valence-corrected chi connectivity index (χ4v) is 1.83. The number of nitrogen functional groups attached to an aromatic ring is 1. The van der Waals surface area contributed by atoms with Gasteiger partial charge in [-0.15, -0.1) is 0 Å². The summed E-state index contributed by atoms with van der Waals surface area (Å²) in [5.74, 6) is 0. The second kappa shape index (κ2) is 5.41. The van der Waals surface area contributed by atoms with Crippen molar-refractivity contribution in [3.63, 3.8) is 0 Å². The predicted molar refractivity (Wildman–Crippen MR) is 74.2 cm³/mol. The summed E-state index contributed by atoms with van der Waals surface area (Å²) in [6.07, 6.45) is 0.719. The second-order valence-electron chi connectivity index (χ2n) is 5.67. The number of aryl methyl sites for hydroxylation is 1. The van der Waals surface area contributed by atoms with Crippen LogP contribution < -0.4 is 11.1 Å². The molecule has 3 nitrogen and oxygen atoms in total. The van der Waals surface area contributed by atoms with Crippen molar-refractivity contribution in [2.75, 3.05) is 17.7 Å². The minimum Gasteiger partial charge on any atom is -0.397 e. The molecule has 1 aromatic carbocycles. The molecule has 1 rings (SSSR count). The largest absolute Gasteiger partial charge is 0.397 e. The molecule has 0 aliphatic rings. The molecule has 0 saturated heterocycles. The Kier molecular flexibility index (Phi) is 4.40. The van der Waals surface area contributed by atoms with Crippen LogP contribution in [0.2, 0.25) is 0 Å². The van der Waals surface area contributed by atoms with Crippen molar-refractivity contribution in [3.8, 4) is 0 Å². The molecule has 3 heteroatoms. The number of benzene rings is 1. The van der Waals surface area contributed by atoms with Crippen LogP contribution in [0.15, 0.2) is 18.2 Å². The third-order valence-corrected chi connectivity index (χ3v) is 3.00. The molecule has 0 bridgehead atoms. The van der Waals surface area contributed by atoms with Gasteiger partial charge in [-0.3, -0.25) is 0 Å². The van der Waals surface area contributed by atoms with Crippen LogP contribution in [0.3, 0.4) is 0 Å². The maximum absolute atomic E-state index is 9.13. The quantitative estimate of drug-likeness (QED) is 0.705. The van der Waals surface area contributed by atoms with Gasteiger partial charge in [0.05, 0.1) is 11.4 Å². The SMILES string of the molecule is Cc1ccc(N)c(NC(CCO)C(C)(C)C)c1. The number of aliphatic hydroxyl groups is 1. The topological polar surface area (TPSA) is 58.3 Å². The predicted octanol–water partition coefficient (Wildman–Crippen LogP) is 2.79. The Morgan fingerprint density at radius 2 is 2.00 bits per heavy atom. The van der Waals surface area contributed by atoms with Gasteiger partial charge in [0.2, 0.25) is 0 Å². The molecule has 1 unspecified atom stereocenters. The average Bonchev–Trinajstić information content (AvgIpc) is 2.21. The lowest BCUT2D eigenvalue weighted by Crippen LogP contribution is -2.35. The molecular formula is C14H24N2O. The van der Waals surface area contributed by atoms with Gasteiger partial charge in [-0.2, -0.15) is 0 Å². The normalized spacial score (nSPS) is 13.5. The zero-order valence-electron chi connectivity index (χ0n) is 11.2. The molecule has 0 fully saturated rings.